The van der Waals surface area contributed by atoms with Gasteiger partial charge in [-0.3, -0.25) is 9.59 Å². The number of unbranched alkanes of at least 4 members (excludes halogenated alkanes) is 15. The summed E-state index contributed by atoms with van der Waals surface area (Å²) in [5.41, 5.74) is 0. The molecule has 0 aromatic carbocycles. The van der Waals surface area contributed by atoms with E-state index in [0.29, 0.717) is 12.8 Å². The first-order valence-electron chi connectivity index (χ1n) is 16.2. The molecule has 0 aromatic heterocycles. The zero-order chi connectivity index (χ0) is 29.4. The number of aliphatic hydroxyl groups is 1. The van der Waals surface area contributed by atoms with Crippen LogP contribution in [0.3, 0.4) is 0 Å². The number of allylic oxidation sites excluding steroid dienone is 8. The zero-order valence-electron chi connectivity index (χ0n) is 25.8. The van der Waals surface area contributed by atoms with Crippen molar-refractivity contribution in [3.63, 3.8) is 0 Å². The van der Waals surface area contributed by atoms with E-state index in [1.165, 1.54) is 64.2 Å². The Morgan fingerprint density at radius 1 is 0.600 bits per heavy atom. The van der Waals surface area contributed by atoms with Crippen molar-refractivity contribution in [3.8, 4) is 0 Å². The van der Waals surface area contributed by atoms with E-state index in [4.69, 9.17) is 9.47 Å². The van der Waals surface area contributed by atoms with E-state index in [9.17, 15) is 14.7 Å². The van der Waals surface area contributed by atoms with Gasteiger partial charge < -0.3 is 14.6 Å². The summed E-state index contributed by atoms with van der Waals surface area (Å²) in [5, 5.41) is 9.48. The van der Waals surface area contributed by atoms with Gasteiger partial charge in [0, 0.05) is 12.8 Å². The summed E-state index contributed by atoms with van der Waals surface area (Å²) >= 11 is 0. The molecule has 1 N–H and O–H groups in total. The van der Waals surface area contributed by atoms with Gasteiger partial charge in [0.2, 0.25) is 0 Å². The maximum atomic E-state index is 12.1. The fraction of sp³-hybridized carbons (Fsp3) is 0.714. The minimum atomic E-state index is -0.783. The number of esters is 2. The Morgan fingerprint density at radius 2 is 1.07 bits per heavy atom. The molecule has 0 saturated carbocycles. The minimum Gasteiger partial charge on any atom is -0.462 e. The van der Waals surface area contributed by atoms with Gasteiger partial charge in [0.25, 0.3) is 0 Å². The summed E-state index contributed by atoms with van der Waals surface area (Å²) in [6.45, 7) is 3.94. The predicted molar refractivity (Wildman–Crippen MR) is 168 cm³/mol. The van der Waals surface area contributed by atoms with Gasteiger partial charge >= 0.3 is 11.9 Å². The molecule has 1 atom stereocenters. The monoisotopic (exact) mass is 560 g/mol. The average Bonchev–Trinajstić information content (AvgIpc) is 2.96. The van der Waals surface area contributed by atoms with Crippen LogP contribution in [0.1, 0.15) is 142 Å². The Morgan fingerprint density at radius 3 is 1.62 bits per heavy atom. The topological polar surface area (TPSA) is 72.8 Å². The van der Waals surface area contributed by atoms with E-state index >= 15 is 0 Å². The molecule has 0 aliphatic heterocycles. The molecule has 0 rings (SSSR count). The maximum Gasteiger partial charge on any atom is 0.306 e. The second-order valence-electron chi connectivity index (χ2n) is 10.6. The highest BCUT2D eigenvalue weighted by atomic mass is 16.6. The number of ether oxygens (including phenoxy) is 2. The van der Waals surface area contributed by atoms with Crippen LogP contribution < -0.4 is 0 Å². The number of rotatable bonds is 28. The lowest BCUT2D eigenvalue weighted by Crippen LogP contribution is -2.28. The third-order valence-corrected chi connectivity index (χ3v) is 6.73. The first-order chi connectivity index (χ1) is 19.6. The van der Waals surface area contributed by atoms with E-state index in [-0.39, 0.29) is 25.2 Å². The van der Waals surface area contributed by atoms with Crippen molar-refractivity contribution in [3.05, 3.63) is 48.6 Å². The van der Waals surface area contributed by atoms with Gasteiger partial charge in [0.1, 0.15) is 6.61 Å². The van der Waals surface area contributed by atoms with E-state index in [1.807, 2.05) is 36.5 Å². The Kier molecular flexibility index (Phi) is 29.7. The third-order valence-electron chi connectivity index (χ3n) is 6.73. The number of hydrogen-bond acceptors (Lipinski definition) is 5. The van der Waals surface area contributed by atoms with Gasteiger partial charge in [-0.1, -0.05) is 146 Å². The molecule has 1 unspecified atom stereocenters. The number of carbonyl (C=O) groups is 2. The molecule has 0 aromatic rings. The van der Waals surface area contributed by atoms with E-state index in [1.54, 1.807) is 0 Å². The lowest BCUT2D eigenvalue weighted by Gasteiger charge is -2.15. The van der Waals surface area contributed by atoms with Gasteiger partial charge in [-0.25, -0.2) is 0 Å². The van der Waals surface area contributed by atoms with Crippen molar-refractivity contribution in [2.45, 2.75) is 148 Å². The molecule has 40 heavy (non-hydrogen) atoms. The van der Waals surface area contributed by atoms with Crippen molar-refractivity contribution in [1.82, 2.24) is 0 Å². The number of carbonyl (C=O) groups excluding carboxylic acids is 2. The van der Waals surface area contributed by atoms with Gasteiger partial charge in [0.05, 0.1) is 6.61 Å². The molecule has 0 amide bonds. The second-order valence-corrected chi connectivity index (χ2v) is 10.6. The van der Waals surface area contributed by atoms with Crippen LogP contribution in [0.15, 0.2) is 48.6 Å². The highest BCUT2D eigenvalue weighted by Crippen LogP contribution is 2.13. The van der Waals surface area contributed by atoms with Crippen molar-refractivity contribution in [2.24, 2.45) is 0 Å². The van der Waals surface area contributed by atoms with Crippen molar-refractivity contribution in [1.29, 1.82) is 0 Å². The molecular weight excluding hydrogens is 500 g/mol. The molecule has 0 heterocycles. The summed E-state index contributed by atoms with van der Waals surface area (Å²) in [5.74, 6) is -0.640. The fourth-order valence-electron chi connectivity index (χ4n) is 4.27. The molecule has 5 nitrogen and oxygen atoms in total. The standard InChI is InChI=1S/C35H60O5/c1-3-5-7-9-11-13-15-17-19-21-23-25-27-29-34(37)39-32-33(31-36)40-35(38)30-28-26-24-22-20-18-16-14-12-10-8-6-4-2/h5,7,9,11,13,15,17,19,33,36H,3-4,6,8,10,12,14,16,18,20-32H2,1-2H3/b7-5+,11-9+,15-13+,19-17+. The van der Waals surface area contributed by atoms with Gasteiger partial charge in [-0.05, 0) is 32.1 Å². The van der Waals surface area contributed by atoms with Crippen LogP contribution in [-0.4, -0.2) is 36.4 Å². The van der Waals surface area contributed by atoms with Crippen LogP contribution in [0, 0.1) is 0 Å². The Hall–Kier alpha value is -2.14. The van der Waals surface area contributed by atoms with Crippen LogP contribution in [0.5, 0.6) is 0 Å². The molecule has 0 aliphatic rings. The molecular formula is C35H60O5. The largest absolute Gasteiger partial charge is 0.462 e. The molecule has 0 fully saturated rings. The molecule has 5 heteroatoms. The third kappa shape index (κ3) is 28.9. The van der Waals surface area contributed by atoms with E-state index in [2.05, 4.69) is 26.0 Å². The van der Waals surface area contributed by atoms with Crippen LogP contribution in [0.25, 0.3) is 0 Å². The summed E-state index contributed by atoms with van der Waals surface area (Å²) in [7, 11) is 0. The predicted octanol–water partition coefficient (Wildman–Crippen LogP) is 9.50. The molecule has 0 radical (unpaired) electrons. The average molecular weight is 561 g/mol. The summed E-state index contributed by atoms with van der Waals surface area (Å²) < 4.78 is 10.5. The van der Waals surface area contributed by atoms with Crippen LogP contribution in [0.2, 0.25) is 0 Å². The highest BCUT2D eigenvalue weighted by Gasteiger charge is 2.16. The maximum absolute atomic E-state index is 12.1. The van der Waals surface area contributed by atoms with Crippen LogP contribution in [0.4, 0.5) is 0 Å². The Labute approximate surface area is 246 Å². The summed E-state index contributed by atoms with van der Waals surface area (Å²) in [4.78, 5) is 24.1. The first-order valence-corrected chi connectivity index (χ1v) is 16.2. The first kappa shape index (κ1) is 37.9. The molecule has 0 aliphatic carbocycles. The van der Waals surface area contributed by atoms with Crippen LogP contribution in [-0.2, 0) is 19.1 Å². The second kappa shape index (κ2) is 31.4. The SMILES string of the molecule is CC/C=C/C=C/C=C/C=C/CCCCCC(=O)OCC(CO)OC(=O)CCCCCCCCCCCCCCC. The highest BCUT2D eigenvalue weighted by molar-refractivity contribution is 5.70. The Bertz CT molecular complexity index is 692. The molecule has 0 bridgehead atoms. The smallest absolute Gasteiger partial charge is 0.306 e. The number of hydrogen-bond donors (Lipinski definition) is 1. The van der Waals surface area contributed by atoms with Crippen molar-refractivity contribution >= 4 is 11.9 Å². The van der Waals surface area contributed by atoms with Crippen molar-refractivity contribution in [2.75, 3.05) is 13.2 Å². The van der Waals surface area contributed by atoms with Gasteiger partial charge in [-0.2, -0.15) is 0 Å². The lowest BCUT2D eigenvalue weighted by atomic mass is 10.0. The number of aliphatic hydroxyl groups excluding tert-OH is 1. The summed E-state index contributed by atoms with van der Waals surface area (Å²) in [6.07, 6.45) is 37.3. The van der Waals surface area contributed by atoms with E-state index < -0.39 is 6.10 Å². The van der Waals surface area contributed by atoms with E-state index in [0.717, 1.165) is 51.4 Å². The molecule has 0 saturated heterocycles. The normalized spacial score (nSPS) is 12.8. The van der Waals surface area contributed by atoms with Gasteiger partial charge in [-0.15, -0.1) is 0 Å². The quantitative estimate of drug-likeness (QED) is 0.0586. The van der Waals surface area contributed by atoms with Gasteiger partial charge in [0.15, 0.2) is 6.10 Å². The minimum absolute atomic E-state index is 0.0859. The lowest BCUT2D eigenvalue weighted by molar-refractivity contribution is -0.161. The van der Waals surface area contributed by atoms with Crippen molar-refractivity contribution < 1.29 is 24.2 Å². The summed E-state index contributed by atoms with van der Waals surface area (Å²) in [6, 6.07) is 0. The molecule has 230 valence electrons. The fourth-order valence-corrected chi connectivity index (χ4v) is 4.27. The van der Waals surface area contributed by atoms with Crippen LogP contribution >= 0.6 is 0 Å². The Balaban J connectivity index is 3.67. The zero-order valence-corrected chi connectivity index (χ0v) is 25.8. The molecule has 0 spiro atoms.